The molecule has 2 saturated heterocycles. The van der Waals surface area contributed by atoms with Crippen molar-refractivity contribution < 1.29 is 13.6 Å². The third-order valence-corrected chi connectivity index (χ3v) is 9.21. The second-order valence-electron chi connectivity index (χ2n) is 10.8. The van der Waals surface area contributed by atoms with Crippen LogP contribution in [-0.2, 0) is 0 Å². The van der Waals surface area contributed by atoms with E-state index in [1.54, 1.807) is 6.07 Å². The summed E-state index contributed by atoms with van der Waals surface area (Å²) in [7, 11) is 0. The van der Waals surface area contributed by atoms with Crippen molar-refractivity contribution in [3.05, 3.63) is 59.5 Å². The number of halogens is 2. The first kappa shape index (κ1) is 25.6. The molecule has 2 aromatic carbocycles. The third kappa shape index (κ3) is 5.14. The van der Waals surface area contributed by atoms with Gasteiger partial charge >= 0.3 is 0 Å². The molecular formula is C30H34F2N4OS. The minimum atomic E-state index is -0.670. The highest BCUT2D eigenvalue weighted by molar-refractivity contribution is 7.23. The number of unbranched alkanes of at least 4 members (excludes halogenated alkanes) is 1. The van der Waals surface area contributed by atoms with Crippen molar-refractivity contribution in [3.63, 3.8) is 0 Å². The Morgan fingerprint density at radius 2 is 2.08 bits per heavy atom. The summed E-state index contributed by atoms with van der Waals surface area (Å²) in [5, 5.41) is 3.42. The van der Waals surface area contributed by atoms with Crippen molar-refractivity contribution in [1.82, 2.24) is 19.6 Å². The Balaban J connectivity index is 1.11. The van der Waals surface area contributed by atoms with Gasteiger partial charge in [-0.25, -0.2) is 13.8 Å². The van der Waals surface area contributed by atoms with Crippen LogP contribution in [0.15, 0.2) is 42.6 Å². The van der Waals surface area contributed by atoms with E-state index in [0.717, 1.165) is 71.6 Å². The fourth-order valence-corrected chi connectivity index (χ4v) is 7.02. The molecule has 4 heterocycles. The molecule has 2 fully saturated rings. The van der Waals surface area contributed by atoms with Crippen molar-refractivity contribution >= 4 is 32.3 Å². The van der Waals surface area contributed by atoms with Crippen molar-refractivity contribution in [3.8, 4) is 11.3 Å². The monoisotopic (exact) mass is 536 g/mol. The van der Waals surface area contributed by atoms with Crippen LogP contribution in [0, 0.1) is 5.82 Å². The SMILES string of the molecule is CC1CC(F)CCN1CCCCC(=O)c1ccc2c(c1)sc1nc(-c3ccc([C@H]4CCCN4)cc3F)cn12. The smallest absolute Gasteiger partial charge is 0.195 e. The van der Waals surface area contributed by atoms with Crippen LogP contribution in [0.3, 0.4) is 0 Å². The van der Waals surface area contributed by atoms with Crippen LogP contribution >= 0.6 is 11.3 Å². The number of nitrogens with zero attached hydrogens (tertiary/aromatic N) is 3. The largest absolute Gasteiger partial charge is 0.310 e. The molecule has 0 bridgehead atoms. The van der Waals surface area contributed by atoms with Gasteiger partial charge in [-0.3, -0.25) is 9.20 Å². The number of thiazole rings is 1. The molecule has 6 rings (SSSR count). The molecule has 2 unspecified atom stereocenters. The second kappa shape index (κ2) is 10.8. The zero-order valence-corrected chi connectivity index (χ0v) is 22.6. The maximum atomic E-state index is 15.0. The van der Waals surface area contributed by atoms with E-state index in [9.17, 15) is 9.18 Å². The fraction of sp³-hybridized carbons (Fsp3) is 0.467. The van der Waals surface area contributed by atoms with Gasteiger partial charge in [-0.2, -0.15) is 0 Å². The highest BCUT2D eigenvalue weighted by Crippen LogP contribution is 2.33. The molecule has 5 nitrogen and oxygen atoms in total. The Labute approximate surface area is 225 Å². The first-order valence-electron chi connectivity index (χ1n) is 13.8. The van der Waals surface area contributed by atoms with E-state index in [0.29, 0.717) is 30.5 Å². The molecule has 0 spiro atoms. The molecule has 8 heteroatoms. The summed E-state index contributed by atoms with van der Waals surface area (Å²) in [4.78, 5) is 20.7. The van der Waals surface area contributed by atoms with Gasteiger partial charge in [-0.05, 0) is 94.4 Å². The Morgan fingerprint density at radius 3 is 2.87 bits per heavy atom. The van der Waals surface area contributed by atoms with Gasteiger partial charge in [0.05, 0.1) is 15.9 Å². The Morgan fingerprint density at radius 1 is 1.18 bits per heavy atom. The number of alkyl halides is 1. The molecule has 4 aromatic rings. The van der Waals surface area contributed by atoms with Gasteiger partial charge in [0.15, 0.2) is 10.7 Å². The number of benzene rings is 2. The van der Waals surface area contributed by atoms with Gasteiger partial charge in [0.25, 0.3) is 0 Å². The van der Waals surface area contributed by atoms with Crippen molar-refractivity contribution in [1.29, 1.82) is 0 Å². The van der Waals surface area contributed by atoms with E-state index in [-0.39, 0.29) is 23.7 Å². The number of Topliss-reactive ketones (excluding diaryl/α,β-unsaturated/α-hetero) is 1. The van der Waals surface area contributed by atoms with Crippen LogP contribution in [0.5, 0.6) is 0 Å². The summed E-state index contributed by atoms with van der Waals surface area (Å²) in [6.45, 7) is 4.80. The van der Waals surface area contributed by atoms with Crippen molar-refractivity contribution in [2.45, 2.75) is 70.1 Å². The van der Waals surface area contributed by atoms with E-state index < -0.39 is 6.17 Å². The van der Waals surface area contributed by atoms with E-state index in [4.69, 9.17) is 4.98 Å². The van der Waals surface area contributed by atoms with Crippen LogP contribution < -0.4 is 5.32 Å². The quantitative estimate of drug-likeness (QED) is 0.195. The van der Waals surface area contributed by atoms with E-state index in [1.165, 1.54) is 11.3 Å². The number of hydrogen-bond donors (Lipinski definition) is 1. The normalized spacial score (nSPS) is 22.6. The molecular weight excluding hydrogens is 502 g/mol. The standard InChI is InChI=1S/C30H34F2N4OS/c1-19-15-22(31)11-14-35(19)13-3-2-6-28(37)21-8-10-27-29(17-21)38-30-34-26(18-36(27)30)23-9-7-20(16-24(23)32)25-5-4-12-33-25/h7-10,16-19,22,25,33H,2-6,11-15H2,1H3/t19?,22?,25-/m1/s1. The molecule has 38 heavy (non-hydrogen) atoms. The maximum Gasteiger partial charge on any atom is 0.195 e. The number of fused-ring (bicyclic) bond motifs is 3. The molecule has 0 saturated carbocycles. The minimum absolute atomic E-state index is 0.146. The van der Waals surface area contributed by atoms with Gasteiger partial charge in [-0.1, -0.05) is 17.4 Å². The highest BCUT2D eigenvalue weighted by Gasteiger charge is 2.24. The molecule has 2 aromatic heterocycles. The zero-order chi connectivity index (χ0) is 26.2. The lowest BCUT2D eigenvalue weighted by atomic mass is 10.0. The minimum Gasteiger partial charge on any atom is -0.310 e. The molecule has 0 radical (unpaired) electrons. The first-order valence-corrected chi connectivity index (χ1v) is 14.6. The second-order valence-corrected chi connectivity index (χ2v) is 11.8. The summed E-state index contributed by atoms with van der Waals surface area (Å²) in [5.41, 5.74) is 3.80. The van der Waals surface area contributed by atoms with Gasteiger partial charge in [-0.15, -0.1) is 0 Å². The summed E-state index contributed by atoms with van der Waals surface area (Å²) in [6, 6.07) is 11.8. The third-order valence-electron chi connectivity index (χ3n) is 8.20. The van der Waals surface area contributed by atoms with Gasteiger partial charge in [0, 0.05) is 42.4 Å². The lowest BCUT2D eigenvalue weighted by Crippen LogP contribution is -2.41. The lowest BCUT2D eigenvalue weighted by Gasteiger charge is -2.34. The summed E-state index contributed by atoms with van der Waals surface area (Å²) in [6.07, 6.45) is 6.89. The number of ketones is 1. The van der Waals surface area contributed by atoms with Crippen LogP contribution in [0.1, 0.15) is 73.8 Å². The number of aromatic nitrogens is 2. The molecule has 2 aliphatic heterocycles. The number of carbonyl (C=O) groups excluding carboxylic acids is 1. The van der Waals surface area contributed by atoms with E-state index in [2.05, 4.69) is 17.1 Å². The number of likely N-dealkylation sites (tertiary alicyclic amines) is 1. The van der Waals surface area contributed by atoms with Crippen molar-refractivity contribution in [2.24, 2.45) is 0 Å². The number of imidazole rings is 1. The number of nitrogens with one attached hydrogen (secondary N) is 1. The molecule has 3 atom stereocenters. The fourth-order valence-electron chi connectivity index (χ4n) is 5.97. The summed E-state index contributed by atoms with van der Waals surface area (Å²) in [5.74, 6) is -0.103. The topological polar surface area (TPSA) is 49.6 Å². The number of rotatable bonds is 8. The Kier molecular flexibility index (Phi) is 7.29. The van der Waals surface area contributed by atoms with Crippen LogP contribution in [0.25, 0.3) is 26.4 Å². The first-order chi connectivity index (χ1) is 18.5. The number of carbonyl (C=O) groups is 1. The molecule has 0 amide bonds. The van der Waals surface area contributed by atoms with Crippen LogP contribution in [0.2, 0.25) is 0 Å². The lowest BCUT2D eigenvalue weighted by molar-refractivity contribution is 0.0940. The average Bonchev–Trinajstić information content (AvgIpc) is 3.64. The van der Waals surface area contributed by atoms with E-state index in [1.807, 2.05) is 40.9 Å². The molecule has 0 aliphatic carbocycles. The van der Waals surface area contributed by atoms with Crippen LogP contribution in [0.4, 0.5) is 8.78 Å². The predicted octanol–water partition coefficient (Wildman–Crippen LogP) is 6.96. The van der Waals surface area contributed by atoms with Gasteiger partial charge in [0.2, 0.25) is 0 Å². The zero-order valence-electron chi connectivity index (χ0n) is 21.8. The molecule has 1 N–H and O–H groups in total. The maximum absolute atomic E-state index is 15.0. The number of piperidine rings is 1. The highest BCUT2D eigenvalue weighted by atomic mass is 32.1. The summed E-state index contributed by atoms with van der Waals surface area (Å²) >= 11 is 1.52. The predicted molar refractivity (Wildman–Crippen MR) is 149 cm³/mol. The van der Waals surface area contributed by atoms with Gasteiger partial charge < -0.3 is 10.2 Å². The molecule has 200 valence electrons. The Bertz CT molecular complexity index is 1460. The van der Waals surface area contributed by atoms with Crippen molar-refractivity contribution in [2.75, 3.05) is 19.6 Å². The average molecular weight is 537 g/mol. The number of hydrogen-bond acceptors (Lipinski definition) is 5. The Hall–Kier alpha value is -2.68. The van der Waals surface area contributed by atoms with E-state index >= 15 is 4.39 Å². The van der Waals surface area contributed by atoms with Gasteiger partial charge in [0.1, 0.15) is 12.0 Å². The van der Waals surface area contributed by atoms with Crippen LogP contribution in [-0.4, -0.2) is 51.9 Å². The summed E-state index contributed by atoms with van der Waals surface area (Å²) < 4.78 is 31.5. The molecule has 2 aliphatic rings.